The number of hydrogen-bond donors (Lipinski definition) is 1. The minimum absolute atomic E-state index is 0.553. The molecule has 128 valence electrons. The maximum absolute atomic E-state index is 9.30. The quantitative estimate of drug-likeness (QED) is 0.357. The normalized spacial score (nSPS) is 10.6. The number of rotatable bonds is 6. The van der Waals surface area contributed by atoms with E-state index in [1.165, 1.54) is 11.8 Å². The number of benzene rings is 2. The Morgan fingerprint density at radius 1 is 1.08 bits per heavy atom. The number of nitrogens with zero attached hydrogens (tertiary/aromatic N) is 3. The molecule has 1 heterocycles. The van der Waals surface area contributed by atoms with Gasteiger partial charge in [0, 0.05) is 10.8 Å². The van der Waals surface area contributed by atoms with Crippen LogP contribution in [0.3, 0.4) is 0 Å². The van der Waals surface area contributed by atoms with Gasteiger partial charge in [0.1, 0.15) is 11.1 Å². The summed E-state index contributed by atoms with van der Waals surface area (Å²) in [7, 11) is 0. The predicted octanol–water partition coefficient (Wildman–Crippen LogP) is 5.34. The van der Waals surface area contributed by atoms with Crippen LogP contribution in [0.2, 0.25) is 5.02 Å². The number of nitriles is 1. The monoisotopic (exact) mass is 378 g/mol. The van der Waals surface area contributed by atoms with Gasteiger partial charge >= 0.3 is 0 Å². The summed E-state index contributed by atoms with van der Waals surface area (Å²) in [4.78, 5) is 4.53. The van der Waals surface area contributed by atoms with E-state index in [-0.39, 0.29) is 0 Å². The molecule has 4 nitrogen and oxygen atoms in total. The molecule has 3 rings (SSSR count). The number of halogens is 1. The second-order valence-corrected chi connectivity index (χ2v) is 6.75. The van der Waals surface area contributed by atoms with Crippen molar-refractivity contribution in [3.05, 3.63) is 88.6 Å². The first-order valence-corrected chi connectivity index (χ1v) is 9.23. The Kier molecular flexibility index (Phi) is 6.26. The Morgan fingerprint density at radius 2 is 1.85 bits per heavy atom. The van der Waals surface area contributed by atoms with E-state index in [2.05, 4.69) is 21.6 Å². The first-order chi connectivity index (χ1) is 12.7. The van der Waals surface area contributed by atoms with Gasteiger partial charge in [-0.25, -0.2) is 4.98 Å². The molecule has 0 unspecified atom stereocenters. The molecule has 0 aliphatic carbocycles. The van der Waals surface area contributed by atoms with Crippen LogP contribution in [0.15, 0.2) is 76.9 Å². The SMILES string of the molecule is N#Cc1ccc(/C=N\Nc2ccccc2)nc1SCc1ccc(Cl)cc1. The van der Waals surface area contributed by atoms with Crippen LogP contribution in [0.1, 0.15) is 16.8 Å². The Bertz CT molecular complexity index is 934. The summed E-state index contributed by atoms with van der Waals surface area (Å²) in [6, 6.07) is 23.0. The van der Waals surface area contributed by atoms with Crippen molar-refractivity contribution in [3.8, 4) is 6.07 Å². The van der Waals surface area contributed by atoms with Crippen molar-refractivity contribution in [1.29, 1.82) is 5.26 Å². The highest BCUT2D eigenvalue weighted by molar-refractivity contribution is 7.98. The molecule has 0 aliphatic heterocycles. The first-order valence-electron chi connectivity index (χ1n) is 7.87. The van der Waals surface area contributed by atoms with E-state index in [0.29, 0.717) is 27.1 Å². The maximum atomic E-state index is 9.30. The Morgan fingerprint density at radius 3 is 2.58 bits per heavy atom. The predicted molar refractivity (Wildman–Crippen MR) is 108 cm³/mol. The third-order valence-corrected chi connectivity index (χ3v) is 4.77. The largest absolute Gasteiger partial charge is 0.278 e. The zero-order valence-electron chi connectivity index (χ0n) is 13.8. The Labute approximate surface area is 161 Å². The molecular formula is C20H15ClN4S. The molecule has 0 saturated heterocycles. The molecule has 1 aromatic heterocycles. The lowest BCUT2D eigenvalue weighted by Gasteiger charge is -2.05. The van der Waals surface area contributed by atoms with Crippen molar-refractivity contribution in [2.45, 2.75) is 10.8 Å². The van der Waals surface area contributed by atoms with Gasteiger partial charge in [0.05, 0.1) is 23.2 Å². The van der Waals surface area contributed by atoms with E-state index in [9.17, 15) is 5.26 Å². The minimum Gasteiger partial charge on any atom is -0.278 e. The summed E-state index contributed by atoms with van der Waals surface area (Å²) >= 11 is 7.42. The summed E-state index contributed by atoms with van der Waals surface area (Å²) in [6.45, 7) is 0. The van der Waals surface area contributed by atoms with Crippen molar-refractivity contribution < 1.29 is 0 Å². The molecule has 0 atom stereocenters. The fourth-order valence-electron chi connectivity index (χ4n) is 2.14. The molecule has 0 amide bonds. The number of pyridine rings is 1. The Balaban J connectivity index is 1.69. The van der Waals surface area contributed by atoms with E-state index in [0.717, 1.165) is 11.3 Å². The third kappa shape index (κ3) is 5.09. The second-order valence-electron chi connectivity index (χ2n) is 5.35. The van der Waals surface area contributed by atoms with Crippen molar-refractivity contribution in [2.75, 3.05) is 5.43 Å². The lowest BCUT2D eigenvalue weighted by Crippen LogP contribution is -1.96. The highest BCUT2D eigenvalue weighted by Gasteiger charge is 2.06. The number of aromatic nitrogens is 1. The van der Waals surface area contributed by atoms with Crippen LogP contribution < -0.4 is 5.43 Å². The smallest absolute Gasteiger partial charge is 0.115 e. The molecule has 1 N–H and O–H groups in total. The summed E-state index contributed by atoms with van der Waals surface area (Å²) in [6.07, 6.45) is 1.64. The van der Waals surface area contributed by atoms with Gasteiger partial charge in [-0.15, -0.1) is 11.8 Å². The van der Waals surface area contributed by atoms with Crippen molar-refractivity contribution in [2.24, 2.45) is 5.10 Å². The number of para-hydroxylation sites is 1. The number of nitrogens with one attached hydrogen (secondary N) is 1. The zero-order valence-corrected chi connectivity index (χ0v) is 15.3. The maximum Gasteiger partial charge on any atom is 0.115 e. The summed E-state index contributed by atoms with van der Waals surface area (Å²) < 4.78 is 0. The average molecular weight is 379 g/mol. The van der Waals surface area contributed by atoms with Gasteiger partial charge in [-0.3, -0.25) is 5.43 Å². The van der Waals surface area contributed by atoms with Crippen molar-refractivity contribution in [3.63, 3.8) is 0 Å². The van der Waals surface area contributed by atoms with Crippen LogP contribution in [-0.2, 0) is 5.75 Å². The van der Waals surface area contributed by atoms with E-state index in [1.807, 2.05) is 54.6 Å². The van der Waals surface area contributed by atoms with Gasteiger partial charge in [-0.1, -0.05) is 41.9 Å². The van der Waals surface area contributed by atoms with Gasteiger partial charge in [0.15, 0.2) is 0 Å². The topological polar surface area (TPSA) is 61.1 Å². The van der Waals surface area contributed by atoms with Gasteiger partial charge in [-0.05, 0) is 42.0 Å². The van der Waals surface area contributed by atoms with E-state index < -0.39 is 0 Å². The van der Waals surface area contributed by atoms with Crippen LogP contribution in [0, 0.1) is 11.3 Å². The standard InChI is InChI=1S/C20H15ClN4S/c21-17-9-6-15(7-10-17)14-26-20-16(12-22)8-11-19(24-20)13-23-25-18-4-2-1-3-5-18/h1-11,13,25H,14H2/b23-13-. The molecule has 6 heteroatoms. The lowest BCUT2D eigenvalue weighted by atomic mass is 10.2. The minimum atomic E-state index is 0.553. The summed E-state index contributed by atoms with van der Waals surface area (Å²) in [5, 5.41) is 14.9. The van der Waals surface area contributed by atoms with Crippen LogP contribution in [0.25, 0.3) is 0 Å². The zero-order chi connectivity index (χ0) is 18.2. The van der Waals surface area contributed by atoms with E-state index in [4.69, 9.17) is 11.6 Å². The number of hydrazone groups is 1. The highest BCUT2D eigenvalue weighted by Crippen LogP contribution is 2.25. The fraction of sp³-hybridized carbons (Fsp3) is 0.0500. The van der Waals surface area contributed by atoms with Crippen LogP contribution in [-0.4, -0.2) is 11.2 Å². The molecule has 26 heavy (non-hydrogen) atoms. The van der Waals surface area contributed by atoms with Crippen LogP contribution in [0.5, 0.6) is 0 Å². The Hall–Kier alpha value is -2.81. The van der Waals surface area contributed by atoms with Gasteiger partial charge < -0.3 is 0 Å². The van der Waals surface area contributed by atoms with E-state index in [1.54, 1.807) is 18.3 Å². The first kappa shape index (κ1) is 18.0. The van der Waals surface area contributed by atoms with Gasteiger partial charge in [0.25, 0.3) is 0 Å². The third-order valence-electron chi connectivity index (χ3n) is 3.46. The second kappa shape index (κ2) is 9.04. The van der Waals surface area contributed by atoms with Crippen LogP contribution in [0.4, 0.5) is 5.69 Å². The molecule has 0 saturated carbocycles. The number of anilines is 1. The molecule has 3 aromatic rings. The molecule has 0 bridgehead atoms. The van der Waals surface area contributed by atoms with Crippen LogP contribution >= 0.6 is 23.4 Å². The summed E-state index contributed by atoms with van der Waals surface area (Å²) in [5.41, 5.74) is 6.21. The highest BCUT2D eigenvalue weighted by atomic mass is 35.5. The van der Waals surface area contributed by atoms with Crippen molar-refractivity contribution in [1.82, 2.24) is 4.98 Å². The average Bonchev–Trinajstić information content (AvgIpc) is 2.68. The van der Waals surface area contributed by atoms with Gasteiger partial charge in [0.2, 0.25) is 0 Å². The van der Waals surface area contributed by atoms with Crippen molar-refractivity contribution >= 4 is 35.3 Å². The lowest BCUT2D eigenvalue weighted by molar-refractivity contribution is 1.09. The van der Waals surface area contributed by atoms with E-state index >= 15 is 0 Å². The van der Waals surface area contributed by atoms with Gasteiger partial charge in [-0.2, -0.15) is 10.4 Å². The fourth-order valence-corrected chi connectivity index (χ4v) is 3.20. The molecule has 0 spiro atoms. The molecular weight excluding hydrogens is 364 g/mol. The number of thioether (sulfide) groups is 1. The molecule has 2 aromatic carbocycles. The number of hydrogen-bond acceptors (Lipinski definition) is 5. The molecule has 0 aliphatic rings. The summed E-state index contributed by atoms with van der Waals surface area (Å²) in [5.74, 6) is 0.710. The molecule has 0 fully saturated rings. The molecule has 0 radical (unpaired) electrons.